The molecule has 242 valence electrons. The zero-order chi connectivity index (χ0) is 31.8. The number of carbonyl (C=O) groups excluding carboxylic acids is 1. The lowest BCUT2D eigenvalue weighted by molar-refractivity contribution is -0.150. The fourth-order valence-electron chi connectivity index (χ4n) is 4.81. The molecule has 1 unspecified atom stereocenters. The minimum atomic E-state index is -0.789. The third-order valence-corrected chi connectivity index (χ3v) is 9.34. The number of ether oxygens (including phenoxy) is 2. The lowest BCUT2D eigenvalue weighted by atomic mass is 9.87. The number of hydrogen-bond donors (Lipinski definition) is 3. The molecule has 0 amide bonds. The van der Waals surface area contributed by atoms with Crippen LogP contribution in [-0.4, -0.2) is 51.8 Å². The van der Waals surface area contributed by atoms with Crippen molar-refractivity contribution in [1.29, 1.82) is 0 Å². The van der Waals surface area contributed by atoms with Gasteiger partial charge < -0.3 is 24.8 Å². The Morgan fingerprint density at radius 3 is 2.47 bits per heavy atom. The molecule has 0 spiro atoms. The summed E-state index contributed by atoms with van der Waals surface area (Å²) in [4.78, 5) is 25.3. The van der Waals surface area contributed by atoms with Crippen LogP contribution in [-0.2, 0) is 14.3 Å². The number of rotatable bonds is 21. The minimum Gasteiger partial charge on any atom is -0.494 e. The van der Waals surface area contributed by atoms with Gasteiger partial charge in [0.1, 0.15) is 11.5 Å². The standard InChI is InChI=1S/C34H51ClO7S/c1-5-6-7-13-26(36)16-19-28-29(37)23-30(31(28)43-22-11-8-12-24(2)32(38)39)42-33(40)34(3,4)20-9-10-21-41-27-17-14-25(35)15-18-27/h14-19,24,26,28-29,36-37H,5-13,20-23H2,1-4H3,(H,38,39)/t24?,26-,28-,29+/m0/s1. The van der Waals surface area contributed by atoms with Gasteiger partial charge in [-0.15, -0.1) is 11.8 Å². The summed E-state index contributed by atoms with van der Waals surface area (Å²) in [6.07, 6.45) is 10.6. The van der Waals surface area contributed by atoms with Gasteiger partial charge in [0.15, 0.2) is 0 Å². The monoisotopic (exact) mass is 638 g/mol. The van der Waals surface area contributed by atoms with Crippen LogP contribution >= 0.6 is 23.4 Å². The Balaban J connectivity index is 2.00. The van der Waals surface area contributed by atoms with E-state index in [0.717, 1.165) is 61.4 Å². The fourth-order valence-corrected chi connectivity index (χ4v) is 6.22. The average molecular weight is 639 g/mol. The highest BCUT2D eigenvalue weighted by Crippen LogP contribution is 2.42. The maximum absolute atomic E-state index is 13.3. The summed E-state index contributed by atoms with van der Waals surface area (Å²) < 4.78 is 11.7. The first kappa shape index (κ1) is 37.2. The molecular weight excluding hydrogens is 588 g/mol. The van der Waals surface area contributed by atoms with E-state index < -0.39 is 23.6 Å². The van der Waals surface area contributed by atoms with Crippen LogP contribution in [0.4, 0.5) is 0 Å². The van der Waals surface area contributed by atoms with Crippen LogP contribution in [0.2, 0.25) is 5.02 Å². The van der Waals surface area contributed by atoms with Crippen molar-refractivity contribution in [3.63, 3.8) is 0 Å². The maximum Gasteiger partial charge on any atom is 0.316 e. The molecule has 3 N–H and O–H groups in total. The number of carboxylic acid groups (broad SMARTS) is 1. The van der Waals surface area contributed by atoms with Crippen LogP contribution in [0.25, 0.3) is 0 Å². The highest BCUT2D eigenvalue weighted by molar-refractivity contribution is 8.03. The quantitative estimate of drug-likeness (QED) is 0.0702. The SMILES string of the molecule is CCCCC[C@H](O)C=C[C@@H]1C(SCCCCC(C)C(=O)O)=C(OC(=O)C(C)(C)CCCCOc2ccc(Cl)cc2)C[C@H]1O. The number of aliphatic carboxylic acids is 1. The lowest BCUT2D eigenvalue weighted by Crippen LogP contribution is -2.26. The molecule has 2 rings (SSSR count). The van der Waals surface area contributed by atoms with Crippen molar-refractivity contribution in [3.8, 4) is 5.75 Å². The first-order chi connectivity index (χ1) is 20.4. The van der Waals surface area contributed by atoms with Gasteiger partial charge >= 0.3 is 11.9 Å². The van der Waals surface area contributed by atoms with Crippen molar-refractivity contribution < 1.29 is 34.4 Å². The highest BCUT2D eigenvalue weighted by atomic mass is 35.5. The molecule has 1 aliphatic rings. The minimum absolute atomic E-state index is 0.232. The topological polar surface area (TPSA) is 113 Å². The van der Waals surface area contributed by atoms with Crippen molar-refractivity contribution in [3.05, 3.63) is 52.1 Å². The van der Waals surface area contributed by atoms with E-state index in [4.69, 9.17) is 26.2 Å². The molecule has 9 heteroatoms. The number of thioether (sulfide) groups is 1. The van der Waals surface area contributed by atoms with Crippen LogP contribution in [0, 0.1) is 17.3 Å². The van der Waals surface area contributed by atoms with Gasteiger partial charge in [-0.2, -0.15) is 0 Å². The average Bonchev–Trinajstić information content (AvgIpc) is 3.25. The van der Waals surface area contributed by atoms with E-state index in [1.807, 2.05) is 32.1 Å². The number of carboxylic acids is 1. The molecule has 0 radical (unpaired) electrons. The van der Waals surface area contributed by atoms with Crippen LogP contribution in [0.15, 0.2) is 47.1 Å². The van der Waals surface area contributed by atoms with Crippen molar-refractivity contribution in [2.24, 2.45) is 17.3 Å². The third-order valence-electron chi connectivity index (χ3n) is 7.79. The number of unbranched alkanes of at least 4 members (excludes halogenated alkanes) is 4. The van der Waals surface area contributed by atoms with Crippen LogP contribution in [0.1, 0.15) is 98.3 Å². The summed E-state index contributed by atoms with van der Waals surface area (Å²) in [6, 6.07) is 7.23. The van der Waals surface area contributed by atoms with Crippen molar-refractivity contribution in [1.82, 2.24) is 0 Å². The molecule has 7 nitrogen and oxygen atoms in total. The second-order valence-corrected chi connectivity index (χ2v) is 13.7. The molecule has 0 saturated heterocycles. The Labute approximate surface area is 267 Å². The third kappa shape index (κ3) is 13.7. The summed E-state index contributed by atoms with van der Waals surface area (Å²) in [5.74, 6) is 0.109. The smallest absolute Gasteiger partial charge is 0.316 e. The van der Waals surface area contributed by atoms with Crippen LogP contribution < -0.4 is 4.74 Å². The zero-order valence-electron chi connectivity index (χ0n) is 26.2. The van der Waals surface area contributed by atoms with Gasteiger partial charge in [-0.3, -0.25) is 9.59 Å². The second-order valence-electron chi connectivity index (χ2n) is 12.1. The Morgan fingerprint density at radius 2 is 1.79 bits per heavy atom. The lowest BCUT2D eigenvalue weighted by Gasteiger charge is -2.23. The molecule has 0 aliphatic heterocycles. The number of esters is 1. The summed E-state index contributed by atoms with van der Waals surface area (Å²) in [7, 11) is 0. The number of benzene rings is 1. The van der Waals surface area contributed by atoms with Gasteiger partial charge in [0.2, 0.25) is 0 Å². The summed E-state index contributed by atoms with van der Waals surface area (Å²) >= 11 is 7.47. The van der Waals surface area contributed by atoms with E-state index in [0.29, 0.717) is 36.7 Å². The van der Waals surface area contributed by atoms with Gasteiger partial charge in [-0.25, -0.2) is 0 Å². The van der Waals surface area contributed by atoms with Gasteiger partial charge in [-0.1, -0.05) is 63.3 Å². The van der Waals surface area contributed by atoms with E-state index in [-0.39, 0.29) is 24.2 Å². The van der Waals surface area contributed by atoms with Crippen LogP contribution in [0.3, 0.4) is 0 Å². The fraction of sp³-hybridized carbons (Fsp3) is 0.647. The molecular formula is C34H51ClO7S. The Kier molecular flexibility index (Phi) is 16.8. The summed E-state index contributed by atoms with van der Waals surface area (Å²) in [6.45, 7) is 8.12. The number of carbonyl (C=O) groups is 2. The normalized spacial score (nSPS) is 18.7. The Morgan fingerprint density at radius 1 is 1.09 bits per heavy atom. The van der Waals surface area contributed by atoms with Gasteiger partial charge in [-0.05, 0) is 82.4 Å². The van der Waals surface area contributed by atoms with Crippen molar-refractivity contribution in [2.45, 2.75) is 111 Å². The highest BCUT2D eigenvalue weighted by Gasteiger charge is 2.37. The molecule has 0 aromatic heterocycles. The Bertz CT molecular complexity index is 1050. The molecule has 0 heterocycles. The first-order valence-corrected chi connectivity index (χ1v) is 17.0. The first-order valence-electron chi connectivity index (χ1n) is 15.7. The molecule has 4 atom stereocenters. The van der Waals surface area contributed by atoms with Crippen molar-refractivity contribution >= 4 is 35.3 Å². The number of hydrogen-bond acceptors (Lipinski definition) is 7. The van der Waals surface area contributed by atoms with E-state index >= 15 is 0 Å². The van der Waals surface area contributed by atoms with Gasteiger partial charge in [0.05, 0.1) is 30.1 Å². The molecule has 0 saturated carbocycles. The molecule has 1 aliphatic carbocycles. The predicted octanol–water partition coefficient (Wildman–Crippen LogP) is 8.17. The summed E-state index contributed by atoms with van der Waals surface area (Å²) in [5, 5.41) is 31.2. The second kappa shape index (κ2) is 19.4. The maximum atomic E-state index is 13.3. The number of aliphatic hydroxyl groups is 2. The van der Waals surface area contributed by atoms with Crippen LogP contribution in [0.5, 0.6) is 5.75 Å². The van der Waals surface area contributed by atoms with E-state index in [2.05, 4.69) is 6.92 Å². The number of halogens is 1. The van der Waals surface area contributed by atoms with E-state index in [1.165, 1.54) is 0 Å². The van der Waals surface area contributed by atoms with Crippen molar-refractivity contribution in [2.75, 3.05) is 12.4 Å². The molecule has 0 fully saturated rings. The molecule has 43 heavy (non-hydrogen) atoms. The zero-order valence-corrected chi connectivity index (χ0v) is 27.8. The van der Waals surface area contributed by atoms with E-state index in [1.54, 1.807) is 36.9 Å². The summed E-state index contributed by atoms with van der Waals surface area (Å²) in [5.41, 5.74) is -0.718. The molecule has 1 aromatic rings. The van der Waals surface area contributed by atoms with Gasteiger partial charge in [0.25, 0.3) is 0 Å². The predicted molar refractivity (Wildman–Crippen MR) is 174 cm³/mol. The molecule has 1 aromatic carbocycles. The number of aliphatic hydroxyl groups excluding tert-OH is 2. The Hall–Kier alpha value is -2.00. The molecule has 0 bridgehead atoms. The van der Waals surface area contributed by atoms with Gasteiger partial charge in [0, 0.05) is 22.3 Å². The largest absolute Gasteiger partial charge is 0.494 e. The van der Waals surface area contributed by atoms with E-state index in [9.17, 15) is 19.8 Å².